The highest BCUT2D eigenvalue weighted by Crippen LogP contribution is 2.21. The maximum atomic E-state index is 10.7. The maximum Gasteiger partial charge on any atom is 0.326 e. The van der Waals surface area contributed by atoms with Crippen LogP contribution in [0.4, 0.5) is 5.13 Å². The van der Waals surface area contributed by atoms with Crippen LogP contribution in [0, 0.1) is 0 Å². The lowest BCUT2D eigenvalue weighted by molar-refractivity contribution is -0.138. The second-order valence-electron chi connectivity index (χ2n) is 4.43. The van der Waals surface area contributed by atoms with E-state index in [-0.39, 0.29) is 0 Å². The Balaban J connectivity index is 2.46. The Kier molecular flexibility index (Phi) is 6.07. The van der Waals surface area contributed by atoms with Crippen molar-refractivity contribution in [3.8, 4) is 0 Å². The van der Waals surface area contributed by atoms with Gasteiger partial charge < -0.3 is 16.2 Å². The zero-order valence-corrected chi connectivity index (χ0v) is 11.7. The Labute approximate surface area is 111 Å². The number of aliphatic carboxylic acids is 1. The molecular weight excluding hydrogens is 250 g/mol. The van der Waals surface area contributed by atoms with E-state index in [1.54, 1.807) is 5.38 Å². The monoisotopic (exact) mass is 271 g/mol. The van der Waals surface area contributed by atoms with Crippen LogP contribution in [0.5, 0.6) is 0 Å². The number of hydrogen-bond acceptors (Lipinski definition) is 5. The van der Waals surface area contributed by atoms with Crippen molar-refractivity contribution in [2.24, 2.45) is 5.73 Å². The minimum atomic E-state index is -1.05. The predicted octanol–water partition coefficient (Wildman–Crippen LogP) is 2.61. The highest BCUT2D eigenvalue weighted by Gasteiger charge is 2.17. The Hall–Kier alpha value is -1.14. The third kappa shape index (κ3) is 4.62. The summed E-state index contributed by atoms with van der Waals surface area (Å²) >= 11 is 1.40. The molecule has 0 saturated heterocycles. The van der Waals surface area contributed by atoms with E-state index >= 15 is 0 Å². The first-order valence-electron chi connectivity index (χ1n) is 6.25. The van der Waals surface area contributed by atoms with Gasteiger partial charge in [0.15, 0.2) is 5.13 Å². The minimum absolute atomic E-state index is 0.344. The summed E-state index contributed by atoms with van der Waals surface area (Å²) in [4.78, 5) is 14.9. The van der Waals surface area contributed by atoms with Crippen molar-refractivity contribution in [2.75, 3.05) is 5.32 Å². The van der Waals surface area contributed by atoms with E-state index in [1.807, 2.05) is 0 Å². The van der Waals surface area contributed by atoms with Crippen molar-refractivity contribution in [1.29, 1.82) is 0 Å². The van der Waals surface area contributed by atoms with Crippen LogP contribution in [0.15, 0.2) is 5.38 Å². The van der Waals surface area contributed by atoms with Crippen molar-refractivity contribution >= 4 is 22.4 Å². The largest absolute Gasteiger partial charge is 0.480 e. The molecule has 0 amide bonds. The van der Waals surface area contributed by atoms with Crippen LogP contribution in [0.1, 0.15) is 51.3 Å². The fraction of sp³-hybridized carbons (Fsp3) is 0.667. The standard InChI is InChI=1S/C12H21N3O2S/c1-3-4-5-6-8(2)14-12-15-9(7-18-12)10(13)11(16)17/h7-8,10H,3-6,13H2,1-2H3,(H,14,15)(H,16,17). The molecule has 18 heavy (non-hydrogen) atoms. The molecule has 0 spiro atoms. The van der Waals surface area contributed by atoms with Gasteiger partial charge in [-0.1, -0.05) is 26.2 Å². The SMILES string of the molecule is CCCCCC(C)Nc1nc(C(N)C(=O)O)cs1. The molecule has 1 rings (SSSR count). The molecule has 2 unspecified atom stereocenters. The molecule has 1 heterocycles. The molecule has 0 bridgehead atoms. The second kappa shape index (κ2) is 7.33. The summed E-state index contributed by atoms with van der Waals surface area (Å²) < 4.78 is 0. The molecule has 0 aliphatic heterocycles. The minimum Gasteiger partial charge on any atom is -0.480 e. The first kappa shape index (κ1) is 14.9. The average Bonchev–Trinajstić information content (AvgIpc) is 2.76. The zero-order chi connectivity index (χ0) is 13.5. The number of carboxylic acid groups (broad SMARTS) is 1. The van der Waals surface area contributed by atoms with Gasteiger partial charge in [0.2, 0.25) is 0 Å². The summed E-state index contributed by atoms with van der Waals surface area (Å²) in [5.74, 6) is -1.05. The molecule has 0 aliphatic carbocycles. The first-order chi connectivity index (χ1) is 8.54. The lowest BCUT2D eigenvalue weighted by Crippen LogP contribution is -2.21. The summed E-state index contributed by atoms with van der Waals surface area (Å²) in [6.07, 6.45) is 4.73. The highest BCUT2D eigenvalue weighted by atomic mass is 32.1. The third-order valence-electron chi connectivity index (χ3n) is 2.72. The van der Waals surface area contributed by atoms with Gasteiger partial charge in [0.05, 0.1) is 5.69 Å². The van der Waals surface area contributed by atoms with Crippen molar-refractivity contribution in [3.63, 3.8) is 0 Å². The Bertz CT molecular complexity index is 381. The number of nitrogens with zero attached hydrogens (tertiary/aromatic N) is 1. The van der Waals surface area contributed by atoms with Gasteiger partial charge in [-0.3, -0.25) is 4.79 Å². The predicted molar refractivity (Wildman–Crippen MR) is 73.9 cm³/mol. The van der Waals surface area contributed by atoms with Crippen molar-refractivity contribution in [2.45, 2.75) is 51.6 Å². The van der Waals surface area contributed by atoms with Crippen LogP contribution < -0.4 is 11.1 Å². The molecule has 0 aliphatic rings. The summed E-state index contributed by atoms with van der Waals surface area (Å²) in [7, 11) is 0. The fourth-order valence-electron chi connectivity index (χ4n) is 1.61. The van der Waals surface area contributed by atoms with Gasteiger partial charge in [0.25, 0.3) is 0 Å². The van der Waals surface area contributed by atoms with Gasteiger partial charge in [-0.25, -0.2) is 4.98 Å². The maximum absolute atomic E-state index is 10.7. The van der Waals surface area contributed by atoms with Crippen LogP contribution in [-0.2, 0) is 4.79 Å². The smallest absolute Gasteiger partial charge is 0.326 e. The van der Waals surface area contributed by atoms with Gasteiger partial charge in [0, 0.05) is 11.4 Å². The molecule has 4 N–H and O–H groups in total. The molecule has 6 heteroatoms. The molecular formula is C12H21N3O2S. The average molecular weight is 271 g/mol. The zero-order valence-electron chi connectivity index (χ0n) is 10.8. The van der Waals surface area contributed by atoms with E-state index in [4.69, 9.17) is 10.8 Å². The number of anilines is 1. The number of hydrogen-bond donors (Lipinski definition) is 3. The number of aromatic nitrogens is 1. The van der Waals surface area contributed by atoms with Crippen LogP contribution in [0.3, 0.4) is 0 Å². The normalized spacial score (nSPS) is 14.2. The Morgan fingerprint density at radius 3 is 2.94 bits per heavy atom. The topological polar surface area (TPSA) is 88.2 Å². The lowest BCUT2D eigenvalue weighted by Gasteiger charge is -2.12. The molecule has 0 saturated carbocycles. The summed E-state index contributed by atoms with van der Waals surface area (Å²) in [5.41, 5.74) is 5.91. The molecule has 1 aromatic heterocycles. The number of carboxylic acids is 1. The van der Waals surface area contributed by atoms with Crippen LogP contribution in [-0.4, -0.2) is 22.1 Å². The van der Waals surface area contributed by atoms with Crippen LogP contribution in [0.25, 0.3) is 0 Å². The molecule has 102 valence electrons. The second-order valence-corrected chi connectivity index (χ2v) is 5.29. The number of nitrogens with two attached hydrogens (primary N) is 1. The first-order valence-corrected chi connectivity index (χ1v) is 7.13. The van der Waals surface area contributed by atoms with E-state index in [1.165, 1.54) is 30.6 Å². The van der Waals surface area contributed by atoms with Gasteiger partial charge in [0.1, 0.15) is 6.04 Å². The van der Waals surface area contributed by atoms with Crippen molar-refractivity contribution in [3.05, 3.63) is 11.1 Å². The molecule has 1 aromatic rings. The number of nitrogens with one attached hydrogen (secondary N) is 1. The van der Waals surface area contributed by atoms with Crippen molar-refractivity contribution < 1.29 is 9.90 Å². The quantitative estimate of drug-likeness (QED) is 0.632. The number of carbonyl (C=O) groups is 1. The summed E-state index contributed by atoms with van der Waals surface area (Å²) in [6.45, 7) is 4.28. The van der Waals surface area contributed by atoms with Crippen LogP contribution >= 0.6 is 11.3 Å². The summed E-state index contributed by atoms with van der Waals surface area (Å²) in [6, 6.07) is -0.691. The van der Waals surface area contributed by atoms with Gasteiger partial charge >= 0.3 is 5.97 Å². The van der Waals surface area contributed by atoms with Crippen molar-refractivity contribution in [1.82, 2.24) is 4.98 Å². The van der Waals surface area contributed by atoms with E-state index in [0.717, 1.165) is 11.6 Å². The molecule has 0 fully saturated rings. The number of thiazole rings is 1. The third-order valence-corrected chi connectivity index (χ3v) is 3.51. The van der Waals surface area contributed by atoms with E-state index in [9.17, 15) is 4.79 Å². The van der Waals surface area contributed by atoms with Gasteiger partial charge in [-0.15, -0.1) is 11.3 Å². The Morgan fingerprint density at radius 2 is 2.33 bits per heavy atom. The van der Waals surface area contributed by atoms with Crippen LogP contribution in [0.2, 0.25) is 0 Å². The molecule has 0 radical (unpaired) electrons. The lowest BCUT2D eigenvalue weighted by atomic mass is 10.1. The molecule has 5 nitrogen and oxygen atoms in total. The number of rotatable bonds is 8. The van der Waals surface area contributed by atoms with E-state index < -0.39 is 12.0 Å². The number of unbranched alkanes of at least 4 members (excludes halogenated alkanes) is 2. The Morgan fingerprint density at radius 1 is 1.61 bits per heavy atom. The fourth-order valence-corrected chi connectivity index (χ4v) is 2.46. The van der Waals surface area contributed by atoms with E-state index in [2.05, 4.69) is 24.1 Å². The molecule has 2 atom stereocenters. The van der Waals surface area contributed by atoms with Gasteiger partial charge in [-0.2, -0.15) is 0 Å². The van der Waals surface area contributed by atoms with E-state index in [0.29, 0.717) is 11.7 Å². The van der Waals surface area contributed by atoms with Gasteiger partial charge in [-0.05, 0) is 13.3 Å². The highest BCUT2D eigenvalue weighted by molar-refractivity contribution is 7.13. The summed E-state index contributed by atoms with van der Waals surface area (Å²) in [5, 5.41) is 14.5. The molecule has 0 aromatic carbocycles.